The van der Waals surface area contributed by atoms with Gasteiger partial charge in [0.05, 0.1) is 5.52 Å². The fraction of sp³-hybridized carbons (Fsp3) is 0.158. The zero-order valence-electron chi connectivity index (χ0n) is 14.6. The van der Waals surface area contributed by atoms with Crippen molar-refractivity contribution in [3.63, 3.8) is 0 Å². The van der Waals surface area contributed by atoms with Gasteiger partial charge in [0.15, 0.2) is 0 Å². The van der Waals surface area contributed by atoms with Crippen LogP contribution in [0.5, 0.6) is 0 Å². The van der Waals surface area contributed by atoms with E-state index in [4.69, 9.17) is 0 Å². The van der Waals surface area contributed by atoms with Crippen LogP contribution in [-0.2, 0) is 5.75 Å². The molecule has 1 aromatic heterocycles. The third kappa shape index (κ3) is 3.00. The van der Waals surface area contributed by atoms with Gasteiger partial charge in [-0.15, -0.1) is 0 Å². The quantitative estimate of drug-likeness (QED) is 0.615. The predicted octanol–water partition coefficient (Wildman–Crippen LogP) is 2.96. The Balaban J connectivity index is 2.17. The van der Waals surface area contributed by atoms with E-state index in [0.717, 1.165) is 11.3 Å². The van der Waals surface area contributed by atoms with E-state index in [2.05, 4.69) is 92.4 Å². The monoisotopic (exact) mass is 395 g/mol. The minimum absolute atomic E-state index is 0.950. The van der Waals surface area contributed by atoms with E-state index in [0.29, 0.717) is 0 Å². The summed E-state index contributed by atoms with van der Waals surface area (Å²) in [6.07, 6.45) is 0. The van der Waals surface area contributed by atoms with Crippen molar-refractivity contribution in [1.82, 2.24) is 3.97 Å². The highest BCUT2D eigenvalue weighted by Crippen LogP contribution is 2.34. The summed E-state index contributed by atoms with van der Waals surface area (Å²) in [6.45, 7) is 8.52. The van der Waals surface area contributed by atoms with Gasteiger partial charge in [-0.3, -0.25) is 3.97 Å². The smallest absolute Gasteiger partial charge is 0.140 e. The first kappa shape index (κ1) is 17.5. The maximum Gasteiger partial charge on any atom is 0.140 e. The molecule has 120 valence electrons. The van der Waals surface area contributed by atoms with Crippen LogP contribution in [0.3, 0.4) is 0 Å². The number of fused-ring (bicyclic) bond motifs is 1. The number of aryl methyl sites for hydroxylation is 1. The number of benzene rings is 2. The topological polar surface area (TPSA) is 4.93 Å². The van der Waals surface area contributed by atoms with Crippen molar-refractivity contribution in [3.8, 4) is 0 Å². The molecule has 0 unspecified atom stereocenters. The molecule has 0 atom stereocenters. The molecule has 0 spiro atoms. The van der Waals surface area contributed by atoms with Crippen LogP contribution in [0.1, 0.15) is 23.7 Å². The fourth-order valence-electron chi connectivity index (χ4n) is 3.16. The average Bonchev–Trinajstić information content (AvgIpc) is 2.88. The van der Waals surface area contributed by atoms with Gasteiger partial charge < -0.3 is 0 Å². The maximum absolute atomic E-state index is 4.24. The second kappa shape index (κ2) is 6.89. The third-order valence-electron chi connectivity index (χ3n) is 4.50. The second-order valence-corrected chi connectivity index (χ2v) is 8.03. The molecule has 0 bridgehead atoms. The van der Waals surface area contributed by atoms with Crippen molar-refractivity contribution in [1.29, 1.82) is 0 Å². The summed E-state index contributed by atoms with van der Waals surface area (Å²) in [5.74, 6) is 0.950. The van der Waals surface area contributed by atoms with Crippen molar-refractivity contribution >= 4 is 71.0 Å². The van der Waals surface area contributed by atoms with Crippen LogP contribution < -0.4 is 10.9 Å². The Labute approximate surface area is 158 Å². The SMILES string of the molecule is Bc1c(B)c(C(=C)C)c2c(cc(C)n2SCc2ccccc2)c1Br. The van der Waals surface area contributed by atoms with Gasteiger partial charge in [-0.2, -0.15) is 0 Å². The van der Waals surface area contributed by atoms with Crippen molar-refractivity contribution in [2.75, 3.05) is 0 Å². The van der Waals surface area contributed by atoms with Crippen LogP contribution in [0, 0.1) is 6.92 Å². The van der Waals surface area contributed by atoms with E-state index in [1.165, 1.54) is 43.1 Å². The van der Waals surface area contributed by atoms with Crippen molar-refractivity contribution in [2.45, 2.75) is 19.6 Å². The lowest BCUT2D eigenvalue weighted by molar-refractivity contribution is 1.20. The van der Waals surface area contributed by atoms with Crippen molar-refractivity contribution in [2.24, 2.45) is 0 Å². The van der Waals surface area contributed by atoms with Crippen LogP contribution in [-0.4, -0.2) is 19.7 Å². The lowest BCUT2D eigenvalue weighted by atomic mass is 9.75. The standard InChI is InChI=1S/C19H20B2BrNS/c1-11(2)15-16(20)17(21)18(22)14-9-12(3)23(19(14)15)24-10-13-7-5-4-6-8-13/h4-9H,1,10,20-21H2,2-3H3. The largest absolute Gasteiger partial charge is 0.287 e. The lowest BCUT2D eigenvalue weighted by Gasteiger charge is -2.17. The Morgan fingerprint density at radius 3 is 2.50 bits per heavy atom. The molecule has 1 heterocycles. The summed E-state index contributed by atoms with van der Waals surface area (Å²) in [5, 5.41) is 1.27. The molecule has 24 heavy (non-hydrogen) atoms. The molecule has 0 saturated heterocycles. The highest BCUT2D eigenvalue weighted by molar-refractivity contribution is 9.10. The summed E-state index contributed by atoms with van der Waals surface area (Å²) in [4.78, 5) is 0. The second-order valence-electron chi connectivity index (χ2n) is 6.32. The molecule has 1 nitrogen and oxygen atoms in total. The molecule has 0 fully saturated rings. The van der Waals surface area contributed by atoms with Gasteiger partial charge in [0.2, 0.25) is 0 Å². The first-order chi connectivity index (χ1) is 11.4. The first-order valence-corrected chi connectivity index (χ1v) is 9.79. The van der Waals surface area contributed by atoms with Crippen LogP contribution in [0.25, 0.3) is 16.5 Å². The predicted molar refractivity (Wildman–Crippen MR) is 119 cm³/mol. The third-order valence-corrected chi connectivity index (χ3v) is 6.71. The Kier molecular flexibility index (Phi) is 5.03. The van der Waals surface area contributed by atoms with Gasteiger partial charge in [-0.05, 0) is 48.6 Å². The van der Waals surface area contributed by atoms with Gasteiger partial charge in [0.25, 0.3) is 0 Å². The molecular weight excluding hydrogens is 376 g/mol. The number of hydrogen-bond acceptors (Lipinski definition) is 1. The van der Waals surface area contributed by atoms with Crippen LogP contribution >= 0.6 is 27.9 Å². The molecule has 0 amide bonds. The van der Waals surface area contributed by atoms with E-state index in [9.17, 15) is 0 Å². The summed E-state index contributed by atoms with van der Waals surface area (Å²) in [6, 6.07) is 12.9. The highest BCUT2D eigenvalue weighted by Gasteiger charge is 2.18. The molecule has 3 aromatic rings. The van der Waals surface area contributed by atoms with E-state index in [1.54, 1.807) is 0 Å². The first-order valence-electron chi connectivity index (χ1n) is 8.05. The molecule has 0 aliphatic rings. The minimum Gasteiger partial charge on any atom is -0.287 e. The van der Waals surface area contributed by atoms with Crippen LogP contribution in [0.2, 0.25) is 0 Å². The molecule has 5 heteroatoms. The molecule has 0 saturated carbocycles. The normalized spacial score (nSPS) is 11.1. The number of hydrogen-bond donors (Lipinski definition) is 0. The number of nitrogens with zero attached hydrogens (tertiary/aromatic N) is 1. The fourth-order valence-corrected chi connectivity index (χ4v) is 4.80. The molecule has 3 rings (SSSR count). The summed E-state index contributed by atoms with van der Waals surface area (Å²) in [5.41, 5.74) is 8.87. The van der Waals surface area contributed by atoms with E-state index >= 15 is 0 Å². The van der Waals surface area contributed by atoms with E-state index in [1.807, 2.05) is 11.9 Å². The van der Waals surface area contributed by atoms with Gasteiger partial charge in [0, 0.05) is 21.3 Å². The van der Waals surface area contributed by atoms with Crippen molar-refractivity contribution < 1.29 is 0 Å². The number of allylic oxidation sites excluding steroid dienone is 1. The van der Waals surface area contributed by atoms with Gasteiger partial charge in [0.1, 0.15) is 15.7 Å². The average molecular weight is 396 g/mol. The van der Waals surface area contributed by atoms with Gasteiger partial charge in [-0.1, -0.05) is 63.8 Å². The van der Waals surface area contributed by atoms with Gasteiger partial charge in [-0.25, -0.2) is 0 Å². The Bertz CT molecular complexity index is 932. The number of aromatic nitrogens is 1. The Morgan fingerprint density at radius 2 is 1.88 bits per heavy atom. The zero-order chi connectivity index (χ0) is 17.4. The molecule has 0 radical (unpaired) electrons. The van der Waals surface area contributed by atoms with E-state index in [-0.39, 0.29) is 0 Å². The summed E-state index contributed by atoms with van der Waals surface area (Å²) < 4.78 is 3.56. The van der Waals surface area contributed by atoms with Crippen LogP contribution in [0.4, 0.5) is 0 Å². The Hall–Kier alpha value is -1.32. The molecule has 0 aliphatic heterocycles. The van der Waals surface area contributed by atoms with E-state index < -0.39 is 0 Å². The lowest BCUT2D eigenvalue weighted by Crippen LogP contribution is -2.30. The van der Waals surface area contributed by atoms with Gasteiger partial charge >= 0.3 is 0 Å². The number of halogens is 1. The highest BCUT2D eigenvalue weighted by atomic mass is 79.9. The molecule has 0 N–H and O–H groups in total. The molecule has 0 aliphatic carbocycles. The minimum atomic E-state index is 0.950. The molecular formula is C19H20B2BrNS. The molecule has 2 aromatic carbocycles. The maximum atomic E-state index is 4.24. The Morgan fingerprint density at radius 1 is 1.21 bits per heavy atom. The number of rotatable bonds is 4. The van der Waals surface area contributed by atoms with Crippen molar-refractivity contribution in [3.05, 3.63) is 64.3 Å². The zero-order valence-corrected chi connectivity index (χ0v) is 17.0. The summed E-state index contributed by atoms with van der Waals surface area (Å²) in [7, 11) is 4.37. The van der Waals surface area contributed by atoms with Crippen LogP contribution in [0.15, 0.2) is 47.4 Å². The summed E-state index contributed by atoms with van der Waals surface area (Å²) >= 11 is 5.65.